The maximum Gasteiger partial charge on any atom is 0.133 e. The zero-order chi connectivity index (χ0) is 12.1. The third kappa shape index (κ3) is 3.32. The summed E-state index contributed by atoms with van der Waals surface area (Å²) < 4.78 is 5.62. The van der Waals surface area contributed by atoms with E-state index in [1.165, 1.54) is 5.56 Å². The van der Waals surface area contributed by atoms with E-state index in [2.05, 4.69) is 19.1 Å². The Kier molecular flexibility index (Phi) is 4.18. The van der Waals surface area contributed by atoms with E-state index in [-0.39, 0.29) is 0 Å². The molecule has 1 aromatic carbocycles. The maximum atomic E-state index is 11.2. The van der Waals surface area contributed by atoms with Gasteiger partial charge in [-0.15, -0.1) is 0 Å². The number of rotatable bonds is 5. The Morgan fingerprint density at radius 2 is 2.06 bits per heavy atom. The van der Waals surface area contributed by atoms with Gasteiger partial charge in [0, 0.05) is 12.8 Å². The van der Waals surface area contributed by atoms with Crippen molar-refractivity contribution in [3.05, 3.63) is 29.8 Å². The Morgan fingerprint density at radius 1 is 1.29 bits per heavy atom. The molecule has 0 amide bonds. The quantitative estimate of drug-likeness (QED) is 0.723. The molecular weight excluding hydrogens is 212 g/mol. The Balaban J connectivity index is 1.91. The van der Waals surface area contributed by atoms with E-state index in [0.717, 1.165) is 44.5 Å². The van der Waals surface area contributed by atoms with Crippen molar-refractivity contribution in [1.29, 1.82) is 0 Å². The summed E-state index contributed by atoms with van der Waals surface area (Å²) in [4.78, 5) is 11.2. The molecule has 1 fully saturated rings. The molecule has 17 heavy (non-hydrogen) atoms. The molecule has 0 spiro atoms. The summed E-state index contributed by atoms with van der Waals surface area (Å²) in [5, 5.41) is 0. The van der Waals surface area contributed by atoms with E-state index in [1.54, 1.807) is 0 Å². The van der Waals surface area contributed by atoms with E-state index >= 15 is 0 Å². The summed E-state index contributed by atoms with van der Waals surface area (Å²) in [6, 6.07) is 8.25. The predicted octanol–water partition coefficient (Wildman–Crippen LogP) is 3.70. The van der Waals surface area contributed by atoms with Crippen molar-refractivity contribution in [1.82, 2.24) is 0 Å². The number of unbranched alkanes of at least 4 members (excludes halogenated alkanes) is 1. The molecule has 0 aromatic heterocycles. The SMILES string of the molecule is CCCCOc1ccc([C@@H]2CCC(=O)C2)cc1. The van der Waals surface area contributed by atoms with Crippen LogP contribution in [0.2, 0.25) is 0 Å². The topological polar surface area (TPSA) is 26.3 Å². The van der Waals surface area contributed by atoms with Crippen molar-refractivity contribution in [2.24, 2.45) is 0 Å². The Bertz CT molecular complexity index is 367. The highest BCUT2D eigenvalue weighted by atomic mass is 16.5. The lowest BCUT2D eigenvalue weighted by atomic mass is 9.98. The summed E-state index contributed by atoms with van der Waals surface area (Å²) >= 11 is 0. The second kappa shape index (κ2) is 5.85. The van der Waals surface area contributed by atoms with Crippen LogP contribution in [-0.4, -0.2) is 12.4 Å². The van der Waals surface area contributed by atoms with Crippen molar-refractivity contribution in [2.75, 3.05) is 6.61 Å². The number of carbonyl (C=O) groups excluding carboxylic acids is 1. The number of hydrogen-bond donors (Lipinski definition) is 0. The van der Waals surface area contributed by atoms with Gasteiger partial charge in [-0.3, -0.25) is 4.79 Å². The highest BCUT2D eigenvalue weighted by Crippen LogP contribution is 2.32. The maximum absolute atomic E-state index is 11.2. The van der Waals surface area contributed by atoms with Gasteiger partial charge in [-0.1, -0.05) is 25.5 Å². The molecular formula is C15H20O2. The number of carbonyl (C=O) groups is 1. The molecule has 0 radical (unpaired) electrons. The summed E-state index contributed by atoms with van der Waals surface area (Å²) in [5.74, 6) is 1.77. The molecule has 1 aliphatic carbocycles. The molecule has 0 N–H and O–H groups in total. The van der Waals surface area contributed by atoms with Gasteiger partial charge in [0.15, 0.2) is 0 Å². The van der Waals surface area contributed by atoms with E-state index in [0.29, 0.717) is 11.7 Å². The van der Waals surface area contributed by atoms with Crippen LogP contribution < -0.4 is 4.74 Å². The van der Waals surface area contributed by atoms with Gasteiger partial charge in [-0.2, -0.15) is 0 Å². The van der Waals surface area contributed by atoms with Crippen molar-refractivity contribution >= 4 is 5.78 Å². The molecule has 1 aromatic rings. The monoisotopic (exact) mass is 232 g/mol. The second-order valence-electron chi connectivity index (χ2n) is 4.75. The van der Waals surface area contributed by atoms with Crippen LogP contribution in [0.1, 0.15) is 50.5 Å². The van der Waals surface area contributed by atoms with Crippen LogP contribution in [0.4, 0.5) is 0 Å². The van der Waals surface area contributed by atoms with Crippen LogP contribution in [0.3, 0.4) is 0 Å². The van der Waals surface area contributed by atoms with Crippen LogP contribution in [0.5, 0.6) is 5.75 Å². The average molecular weight is 232 g/mol. The third-order valence-corrected chi connectivity index (χ3v) is 3.36. The predicted molar refractivity (Wildman–Crippen MR) is 68.4 cm³/mol. The zero-order valence-electron chi connectivity index (χ0n) is 10.4. The van der Waals surface area contributed by atoms with Crippen LogP contribution >= 0.6 is 0 Å². The second-order valence-corrected chi connectivity index (χ2v) is 4.75. The van der Waals surface area contributed by atoms with Gasteiger partial charge >= 0.3 is 0 Å². The third-order valence-electron chi connectivity index (χ3n) is 3.36. The lowest BCUT2D eigenvalue weighted by Gasteiger charge is -2.10. The fraction of sp³-hybridized carbons (Fsp3) is 0.533. The van der Waals surface area contributed by atoms with Crippen molar-refractivity contribution in [2.45, 2.75) is 44.9 Å². The largest absolute Gasteiger partial charge is 0.494 e. The minimum atomic E-state index is 0.401. The van der Waals surface area contributed by atoms with Crippen LogP contribution in [-0.2, 0) is 4.79 Å². The van der Waals surface area contributed by atoms with E-state index in [1.807, 2.05) is 12.1 Å². The summed E-state index contributed by atoms with van der Waals surface area (Å²) in [6.07, 6.45) is 4.73. The van der Waals surface area contributed by atoms with E-state index < -0.39 is 0 Å². The molecule has 2 nitrogen and oxygen atoms in total. The number of ketones is 1. The Labute approximate surface area is 103 Å². The van der Waals surface area contributed by atoms with Crippen molar-refractivity contribution in [3.63, 3.8) is 0 Å². The summed E-state index contributed by atoms with van der Waals surface area (Å²) in [5.41, 5.74) is 1.28. The van der Waals surface area contributed by atoms with Gasteiger partial charge in [0.2, 0.25) is 0 Å². The van der Waals surface area contributed by atoms with Crippen molar-refractivity contribution in [3.8, 4) is 5.75 Å². The van der Waals surface area contributed by atoms with Crippen LogP contribution in [0, 0.1) is 0 Å². The first-order valence-corrected chi connectivity index (χ1v) is 6.54. The minimum absolute atomic E-state index is 0.401. The molecule has 0 heterocycles. The van der Waals surface area contributed by atoms with Crippen molar-refractivity contribution < 1.29 is 9.53 Å². The molecule has 0 unspecified atom stereocenters. The molecule has 92 valence electrons. The first-order chi connectivity index (χ1) is 8.29. The molecule has 1 saturated carbocycles. The smallest absolute Gasteiger partial charge is 0.133 e. The van der Waals surface area contributed by atoms with Gasteiger partial charge < -0.3 is 4.74 Å². The highest BCUT2D eigenvalue weighted by Gasteiger charge is 2.23. The van der Waals surface area contributed by atoms with Gasteiger partial charge in [-0.05, 0) is 36.5 Å². The number of benzene rings is 1. The summed E-state index contributed by atoms with van der Waals surface area (Å²) in [7, 11) is 0. The fourth-order valence-electron chi connectivity index (χ4n) is 2.27. The lowest BCUT2D eigenvalue weighted by Crippen LogP contribution is -1.98. The van der Waals surface area contributed by atoms with E-state index in [4.69, 9.17) is 4.74 Å². The fourth-order valence-corrected chi connectivity index (χ4v) is 2.27. The Morgan fingerprint density at radius 3 is 2.65 bits per heavy atom. The molecule has 2 heteroatoms. The summed E-state index contributed by atoms with van der Waals surface area (Å²) in [6.45, 7) is 2.95. The van der Waals surface area contributed by atoms with Crippen LogP contribution in [0.25, 0.3) is 0 Å². The molecule has 0 bridgehead atoms. The zero-order valence-corrected chi connectivity index (χ0v) is 10.4. The van der Waals surface area contributed by atoms with Crippen LogP contribution in [0.15, 0.2) is 24.3 Å². The lowest BCUT2D eigenvalue weighted by molar-refractivity contribution is -0.117. The molecule has 1 atom stereocenters. The normalized spacial score (nSPS) is 19.6. The molecule has 1 aliphatic rings. The first kappa shape index (κ1) is 12.2. The van der Waals surface area contributed by atoms with Gasteiger partial charge in [0.25, 0.3) is 0 Å². The number of ether oxygens (including phenoxy) is 1. The average Bonchev–Trinajstić information content (AvgIpc) is 2.77. The number of hydrogen-bond acceptors (Lipinski definition) is 2. The highest BCUT2D eigenvalue weighted by molar-refractivity contribution is 5.81. The molecule has 2 rings (SSSR count). The standard InChI is InChI=1S/C15H20O2/c1-2-3-10-17-15-8-5-12(6-9-15)13-4-7-14(16)11-13/h5-6,8-9,13H,2-4,7,10-11H2,1H3/t13-/m1/s1. The first-order valence-electron chi connectivity index (χ1n) is 6.54. The Hall–Kier alpha value is -1.31. The van der Waals surface area contributed by atoms with Gasteiger partial charge in [-0.25, -0.2) is 0 Å². The minimum Gasteiger partial charge on any atom is -0.494 e. The van der Waals surface area contributed by atoms with Gasteiger partial charge in [0.1, 0.15) is 11.5 Å². The van der Waals surface area contributed by atoms with Gasteiger partial charge in [0.05, 0.1) is 6.61 Å². The molecule has 0 saturated heterocycles. The molecule has 0 aliphatic heterocycles. The van der Waals surface area contributed by atoms with E-state index in [9.17, 15) is 4.79 Å². The number of Topliss-reactive ketones (excluding diaryl/α,β-unsaturated/α-hetero) is 1.